The van der Waals surface area contributed by atoms with E-state index in [1.807, 2.05) is 37.2 Å². The molecule has 0 saturated carbocycles. The maximum absolute atomic E-state index is 12.1. The Morgan fingerprint density at radius 3 is 2.79 bits per heavy atom. The van der Waals surface area contributed by atoms with Gasteiger partial charge in [0.05, 0.1) is 17.3 Å². The first-order valence-corrected chi connectivity index (χ1v) is 6.81. The molecule has 1 aliphatic heterocycles. The molecule has 1 fully saturated rings. The van der Waals surface area contributed by atoms with E-state index in [0.717, 1.165) is 15.8 Å². The number of rotatable bonds is 3. The first-order chi connectivity index (χ1) is 8.97. The minimum absolute atomic E-state index is 0.0674. The number of hydrogen-bond donors (Lipinski definition) is 2. The minimum Gasteiger partial charge on any atom is -0.376 e. The molecule has 1 unspecified atom stereocenters. The summed E-state index contributed by atoms with van der Waals surface area (Å²) < 4.78 is 0.897. The van der Waals surface area contributed by atoms with Crippen LogP contribution < -0.4 is 15.5 Å². The van der Waals surface area contributed by atoms with Crippen molar-refractivity contribution in [1.29, 1.82) is 0 Å². The van der Waals surface area contributed by atoms with Gasteiger partial charge in [0, 0.05) is 31.5 Å². The zero-order valence-electron chi connectivity index (χ0n) is 10.9. The molecule has 1 saturated heterocycles. The number of benzene rings is 1. The van der Waals surface area contributed by atoms with Crippen molar-refractivity contribution in [2.45, 2.75) is 6.42 Å². The predicted octanol–water partition coefficient (Wildman–Crippen LogP) is 1.59. The van der Waals surface area contributed by atoms with E-state index in [2.05, 4.69) is 26.6 Å². The normalized spacial score (nSPS) is 18.1. The van der Waals surface area contributed by atoms with Gasteiger partial charge in [-0.2, -0.15) is 0 Å². The standard InChI is InChI=1S/C13H16BrN3O2/c1-17(2)11-4-3-9(14)6-10(11)16-13(19)8-5-12(18)15-7-8/h3-4,6,8H,5,7H2,1-2H3,(H,15,18)(H,16,19). The Morgan fingerprint density at radius 1 is 1.47 bits per heavy atom. The van der Waals surface area contributed by atoms with E-state index >= 15 is 0 Å². The smallest absolute Gasteiger partial charge is 0.229 e. The van der Waals surface area contributed by atoms with Crippen LogP contribution in [0, 0.1) is 5.92 Å². The molecule has 6 heteroatoms. The Kier molecular flexibility index (Phi) is 4.09. The van der Waals surface area contributed by atoms with Crippen molar-refractivity contribution in [3.63, 3.8) is 0 Å². The Labute approximate surface area is 120 Å². The lowest BCUT2D eigenvalue weighted by molar-refractivity contribution is -0.123. The zero-order chi connectivity index (χ0) is 14.0. The molecule has 0 aromatic heterocycles. The molecule has 2 amide bonds. The van der Waals surface area contributed by atoms with Crippen molar-refractivity contribution in [3.8, 4) is 0 Å². The first kappa shape index (κ1) is 13.9. The number of nitrogens with zero attached hydrogens (tertiary/aromatic N) is 1. The van der Waals surface area contributed by atoms with Gasteiger partial charge < -0.3 is 15.5 Å². The van der Waals surface area contributed by atoms with E-state index in [9.17, 15) is 9.59 Å². The maximum atomic E-state index is 12.1. The summed E-state index contributed by atoms with van der Waals surface area (Å²) in [6.07, 6.45) is 0.261. The number of amides is 2. The number of nitrogens with one attached hydrogen (secondary N) is 2. The molecule has 1 heterocycles. The summed E-state index contributed by atoms with van der Waals surface area (Å²) in [6, 6.07) is 5.71. The zero-order valence-corrected chi connectivity index (χ0v) is 12.5. The van der Waals surface area contributed by atoms with Crippen molar-refractivity contribution in [2.24, 2.45) is 5.92 Å². The van der Waals surface area contributed by atoms with Crippen LogP contribution in [-0.2, 0) is 9.59 Å². The third-order valence-electron chi connectivity index (χ3n) is 3.05. The van der Waals surface area contributed by atoms with Crippen LogP contribution in [0.4, 0.5) is 11.4 Å². The molecule has 1 aromatic carbocycles. The van der Waals surface area contributed by atoms with Gasteiger partial charge in [-0.3, -0.25) is 9.59 Å². The highest BCUT2D eigenvalue weighted by atomic mass is 79.9. The number of hydrogen-bond acceptors (Lipinski definition) is 3. The van der Waals surface area contributed by atoms with E-state index in [1.54, 1.807) is 0 Å². The molecule has 102 valence electrons. The molecule has 2 N–H and O–H groups in total. The van der Waals surface area contributed by atoms with Gasteiger partial charge >= 0.3 is 0 Å². The van der Waals surface area contributed by atoms with Gasteiger partial charge in [0.2, 0.25) is 11.8 Å². The van der Waals surface area contributed by atoms with Gasteiger partial charge in [0.25, 0.3) is 0 Å². The molecular formula is C13H16BrN3O2. The Bertz CT molecular complexity index is 517. The van der Waals surface area contributed by atoms with Crippen LogP contribution in [0.15, 0.2) is 22.7 Å². The van der Waals surface area contributed by atoms with Crippen LogP contribution in [-0.4, -0.2) is 32.5 Å². The van der Waals surface area contributed by atoms with Gasteiger partial charge in [-0.05, 0) is 18.2 Å². The summed E-state index contributed by atoms with van der Waals surface area (Å²) in [4.78, 5) is 25.2. The van der Waals surface area contributed by atoms with Gasteiger partial charge in [-0.15, -0.1) is 0 Å². The summed E-state index contributed by atoms with van der Waals surface area (Å²) >= 11 is 3.39. The van der Waals surface area contributed by atoms with Crippen molar-refractivity contribution in [1.82, 2.24) is 5.32 Å². The molecule has 0 aliphatic carbocycles. The van der Waals surface area contributed by atoms with Crippen molar-refractivity contribution < 1.29 is 9.59 Å². The molecule has 1 aliphatic rings. The fourth-order valence-electron chi connectivity index (χ4n) is 2.02. The number of halogens is 1. The van der Waals surface area contributed by atoms with E-state index in [-0.39, 0.29) is 24.2 Å². The second kappa shape index (κ2) is 5.61. The topological polar surface area (TPSA) is 61.4 Å². The summed E-state index contributed by atoms with van der Waals surface area (Å²) in [7, 11) is 3.83. The molecule has 1 aromatic rings. The summed E-state index contributed by atoms with van der Waals surface area (Å²) in [5, 5.41) is 5.56. The highest BCUT2D eigenvalue weighted by Gasteiger charge is 2.28. The average molecular weight is 326 g/mol. The van der Waals surface area contributed by atoms with Crippen molar-refractivity contribution in [2.75, 3.05) is 30.9 Å². The van der Waals surface area contributed by atoms with Crippen LogP contribution in [0.5, 0.6) is 0 Å². The first-order valence-electron chi connectivity index (χ1n) is 6.02. The van der Waals surface area contributed by atoms with Crippen molar-refractivity contribution in [3.05, 3.63) is 22.7 Å². The number of carbonyl (C=O) groups excluding carboxylic acids is 2. The van der Waals surface area contributed by atoms with Crippen LogP contribution >= 0.6 is 15.9 Å². The lowest BCUT2D eigenvalue weighted by atomic mass is 10.1. The van der Waals surface area contributed by atoms with Crippen LogP contribution in [0.1, 0.15) is 6.42 Å². The van der Waals surface area contributed by atoms with E-state index in [1.165, 1.54) is 0 Å². The van der Waals surface area contributed by atoms with Crippen LogP contribution in [0.25, 0.3) is 0 Å². The predicted molar refractivity (Wildman–Crippen MR) is 78.2 cm³/mol. The SMILES string of the molecule is CN(C)c1ccc(Br)cc1NC(=O)C1CNC(=O)C1. The molecule has 1 atom stereocenters. The third kappa shape index (κ3) is 3.26. The number of carbonyl (C=O) groups is 2. The van der Waals surface area contributed by atoms with Crippen LogP contribution in [0.3, 0.4) is 0 Å². The molecule has 0 bridgehead atoms. The second-order valence-electron chi connectivity index (χ2n) is 4.75. The summed E-state index contributed by atoms with van der Waals surface area (Å²) in [5.74, 6) is -0.483. The highest BCUT2D eigenvalue weighted by molar-refractivity contribution is 9.10. The van der Waals surface area contributed by atoms with Gasteiger partial charge in [0.15, 0.2) is 0 Å². The monoisotopic (exact) mass is 325 g/mol. The molecule has 2 rings (SSSR count). The highest BCUT2D eigenvalue weighted by Crippen LogP contribution is 2.28. The lowest BCUT2D eigenvalue weighted by Crippen LogP contribution is -2.25. The maximum Gasteiger partial charge on any atom is 0.229 e. The van der Waals surface area contributed by atoms with Crippen LogP contribution in [0.2, 0.25) is 0 Å². The van der Waals surface area contributed by atoms with Gasteiger partial charge in [-0.25, -0.2) is 0 Å². The molecule has 0 spiro atoms. The quantitative estimate of drug-likeness (QED) is 0.887. The largest absolute Gasteiger partial charge is 0.376 e. The average Bonchev–Trinajstić information content (AvgIpc) is 2.75. The molecule has 5 nitrogen and oxygen atoms in total. The van der Waals surface area contributed by atoms with Gasteiger partial charge in [-0.1, -0.05) is 15.9 Å². The van der Waals surface area contributed by atoms with E-state index in [0.29, 0.717) is 6.54 Å². The second-order valence-corrected chi connectivity index (χ2v) is 5.67. The minimum atomic E-state index is -0.290. The molecule has 0 radical (unpaired) electrons. The molecule has 19 heavy (non-hydrogen) atoms. The number of anilines is 2. The van der Waals surface area contributed by atoms with Crippen molar-refractivity contribution >= 4 is 39.1 Å². The summed E-state index contributed by atoms with van der Waals surface area (Å²) in [6.45, 7) is 0.413. The fraction of sp³-hybridized carbons (Fsp3) is 0.385. The Morgan fingerprint density at radius 2 is 2.21 bits per heavy atom. The summed E-state index contributed by atoms with van der Waals surface area (Å²) in [5.41, 5.74) is 1.66. The Hall–Kier alpha value is -1.56. The van der Waals surface area contributed by atoms with Gasteiger partial charge in [0.1, 0.15) is 0 Å². The fourth-order valence-corrected chi connectivity index (χ4v) is 2.38. The van der Waals surface area contributed by atoms with E-state index in [4.69, 9.17) is 0 Å². The lowest BCUT2D eigenvalue weighted by Gasteiger charge is -2.19. The molecular weight excluding hydrogens is 310 g/mol. The third-order valence-corrected chi connectivity index (χ3v) is 3.54. The van der Waals surface area contributed by atoms with E-state index < -0.39 is 0 Å². The Balaban J connectivity index is 2.16.